The van der Waals surface area contributed by atoms with E-state index >= 15 is 0 Å². The van der Waals surface area contributed by atoms with Gasteiger partial charge in [-0.2, -0.15) is 0 Å². The van der Waals surface area contributed by atoms with E-state index in [1.54, 1.807) is 0 Å². The lowest BCUT2D eigenvalue weighted by Crippen LogP contribution is -1.43. The van der Waals surface area contributed by atoms with E-state index < -0.39 is 0 Å². The van der Waals surface area contributed by atoms with E-state index in [4.69, 9.17) is 0 Å². The van der Waals surface area contributed by atoms with Crippen molar-refractivity contribution in [2.45, 2.75) is 0 Å². The van der Waals surface area contributed by atoms with Crippen LogP contribution in [0.1, 0.15) is 0 Å². The molecule has 1 rings (SSSR count). The molecule has 0 saturated carbocycles. The molecule has 1 heterocycles. The molecule has 0 aromatic heterocycles. The smallest absolute Gasteiger partial charge is 0.0415 e. The van der Waals surface area contributed by atoms with E-state index in [0.717, 1.165) is 17.2 Å². The summed E-state index contributed by atoms with van der Waals surface area (Å²) in [7, 11) is 1.53. The van der Waals surface area contributed by atoms with Crippen molar-refractivity contribution in [1.82, 2.24) is 0 Å². The van der Waals surface area contributed by atoms with Gasteiger partial charge in [-0.15, -0.1) is 0 Å². The van der Waals surface area contributed by atoms with Crippen LogP contribution in [-0.4, -0.2) is 0 Å². The van der Waals surface area contributed by atoms with Crippen LogP contribution in [0.15, 0.2) is 35.9 Å². The van der Waals surface area contributed by atoms with Gasteiger partial charge in [-0.05, 0) is 0 Å². The Hall–Kier alpha value is 0.0800. The third-order valence-corrected chi connectivity index (χ3v) is 2.71. The monoisotopic (exact) mass is 154 g/mol. The van der Waals surface area contributed by atoms with Gasteiger partial charge in [0.2, 0.25) is 0 Å². The zero-order valence-corrected chi connectivity index (χ0v) is 6.96. The second-order valence-electron chi connectivity index (χ2n) is 1.52. The lowest BCUT2D eigenvalue weighted by molar-refractivity contribution is 1.96. The first-order valence-corrected chi connectivity index (χ1v) is 4.90. The average Bonchev–Trinajstić information content (AvgIpc) is 2.00. The molecule has 0 saturated heterocycles. The van der Waals surface area contributed by atoms with Gasteiger partial charge in [-0.25, -0.2) is 0 Å². The first-order valence-electron chi connectivity index (χ1n) is 2.74. The molecule has 0 fully saturated rings. The summed E-state index contributed by atoms with van der Waals surface area (Å²) >= 11 is 0. The molecule has 2 unspecified atom stereocenters. The summed E-state index contributed by atoms with van der Waals surface area (Å²) in [6.45, 7) is 0. The number of allylic oxidation sites excluding steroid dienone is 4. The summed E-state index contributed by atoms with van der Waals surface area (Å²) in [5.41, 5.74) is 0. The quantitative estimate of drug-likeness (QED) is 0.470. The standard InChI is InChI=1S/C7H8P2/c1-2-4-6-9-7-8-5-3-1/h1-6,8-9H/b2-1-,5-3-,6-4-. The fraction of sp³-hybridized carbons (Fsp3) is 0. The van der Waals surface area contributed by atoms with E-state index in [1.807, 2.05) is 12.2 Å². The summed E-state index contributed by atoms with van der Waals surface area (Å²) in [6, 6.07) is 0. The summed E-state index contributed by atoms with van der Waals surface area (Å²) in [6.07, 6.45) is 8.21. The van der Waals surface area contributed by atoms with Gasteiger partial charge in [0.1, 0.15) is 0 Å². The highest BCUT2D eigenvalue weighted by Crippen LogP contribution is 2.31. The molecular weight excluding hydrogens is 146 g/mol. The molecule has 0 aromatic carbocycles. The molecular formula is C7H8P2. The Labute approximate surface area is 59.7 Å². The number of hydrogen-bond donors (Lipinski definition) is 0. The highest BCUT2D eigenvalue weighted by Gasteiger charge is 1.80. The van der Waals surface area contributed by atoms with Gasteiger partial charge in [0.25, 0.3) is 0 Å². The lowest BCUT2D eigenvalue weighted by Gasteiger charge is -1.85. The van der Waals surface area contributed by atoms with Gasteiger partial charge in [-0.3, -0.25) is 0 Å². The molecule has 2 heteroatoms. The van der Waals surface area contributed by atoms with Crippen molar-refractivity contribution < 1.29 is 0 Å². The zero-order chi connectivity index (χ0) is 6.36. The first kappa shape index (κ1) is 7.19. The van der Waals surface area contributed by atoms with Gasteiger partial charge in [0, 0.05) is 5.90 Å². The van der Waals surface area contributed by atoms with Crippen LogP contribution in [0.3, 0.4) is 0 Å². The van der Waals surface area contributed by atoms with Gasteiger partial charge in [0.05, 0.1) is 0 Å². The van der Waals surface area contributed by atoms with Crippen LogP contribution in [0, 0.1) is 5.90 Å². The summed E-state index contributed by atoms with van der Waals surface area (Å²) in [5, 5.41) is 0. The predicted molar refractivity (Wildman–Crippen MR) is 47.3 cm³/mol. The largest absolute Gasteiger partial charge is 0.0848 e. The third kappa shape index (κ3) is 3.62. The normalized spacial score (nSPS) is 34.7. The van der Waals surface area contributed by atoms with Gasteiger partial charge < -0.3 is 0 Å². The molecule has 0 nitrogen and oxygen atoms in total. The molecule has 2 atom stereocenters. The Morgan fingerprint density at radius 1 is 0.778 bits per heavy atom. The molecule has 0 aliphatic carbocycles. The lowest BCUT2D eigenvalue weighted by atomic mass is 10.5. The van der Waals surface area contributed by atoms with Crippen LogP contribution < -0.4 is 0 Å². The summed E-state index contributed by atoms with van der Waals surface area (Å²) in [5.74, 6) is 7.54. The molecule has 2 radical (unpaired) electrons. The van der Waals surface area contributed by atoms with Crippen molar-refractivity contribution in [1.29, 1.82) is 0 Å². The third-order valence-electron chi connectivity index (χ3n) is 0.837. The topological polar surface area (TPSA) is 0 Å². The Morgan fingerprint density at radius 2 is 1.33 bits per heavy atom. The van der Waals surface area contributed by atoms with E-state index in [9.17, 15) is 0 Å². The maximum atomic E-state index is 3.27. The second kappa shape index (κ2) is 4.91. The Kier molecular flexibility index (Phi) is 3.92. The van der Waals surface area contributed by atoms with Crippen LogP contribution in [0.2, 0.25) is 0 Å². The van der Waals surface area contributed by atoms with Crippen LogP contribution in [-0.2, 0) is 0 Å². The summed E-state index contributed by atoms with van der Waals surface area (Å²) in [4.78, 5) is 0. The van der Waals surface area contributed by atoms with Crippen molar-refractivity contribution in [3.8, 4) is 0 Å². The zero-order valence-electron chi connectivity index (χ0n) is 4.96. The minimum absolute atomic E-state index is 0.765. The van der Waals surface area contributed by atoms with Crippen LogP contribution >= 0.6 is 17.2 Å². The minimum Gasteiger partial charge on any atom is -0.0848 e. The second-order valence-corrected chi connectivity index (χ2v) is 3.76. The summed E-state index contributed by atoms with van der Waals surface area (Å²) < 4.78 is 0. The molecule has 9 heavy (non-hydrogen) atoms. The Morgan fingerprint density at radius 3 is 1.89 bits per heavy atom. The molecule has 0 amide bonds. The Bertz CT molecular complexity index is 129. The molecule has 0 aromatic rings. The number of hydrogen-bond acceptors (Lipinski definition) is 0. The molecule has 1 aliphatic heterocycles. The van der Waals surface area contributed by atoms with E-state index in [1.165, 1.54) is 0 Å². The molecule has 0 bridgehead atoms. The Balaban J connectivity index is 2.45. The van der Waals surface area contributed by atoms with Crippen LogP contribution in [0.4, 0.5) is 0 Å². The maximum absolute atomic E-state index is 3.27. The van der Waals surface area contributed by atoms with Gasteiger partial charge in [-0.1, -0.05) is 53.1 Å². The molecule has 0 spiro atoms. The SMILES string of the molecule is [C]1P\C=C/C=C\C=C/P1. The fourth-order valence-corrected chi connectivity index (χ4v) is 1.88. The molecule has 1 aliphatic rings. The van der Waals surface area contributed by atoms with Crippen molar-refractivity contribution in [2.75, 3.05) is 0 Å². The molecule has 46 valence electrons. The highest BCUT2D eigenvalue weighted by atomic mass is 31.1. The molecule has 0 N–H and O–H groups in total. The highest BCUT2D eigenvalue weighted by molar-refractivity contribution is 7.63. The van der Waals surface area contributed by atoms with Crippen LogP contribution in [0.25, 0.3) is 0 Å². The van der Waals surface area contributed by atoms with Crippen molar-refractivity contribution >= 4 is 17.2 Å². The van der Waals surface area contributed by atoms with Crippen LogP contribution in [0.5, 0.6) is 0 Å². The van der Waals surface area contributed by atoms with Gasteiger partial charge in [0.15, 0.2) is 0 Å². The number of rotatable bonds is 0. The van der Waals surface area contributed by atoms with Gasteiger partial charge >= 0.3 is 0 Å². The van der Waals surface area contributed by atoms with Crippen molar-refractivity contribution in [3.05, 3.63) is 41.8 Å². The van der Waals surface area contributed by atoms with E-state index in [2.05, 4.69) is 29.7 Å². The van der Waals surface area contributed by atoms with E-state index in [-0.39, 0.29) is 0 Å². The fourth-order valence-electron chi connectivity index (χ4n) is 0.461. The first-order chi connectivity index (χ1) is 4.50. The predicted octanol–water partition coefficient (Wildman–Crippen LogP) is 2.94. The van der Waals surface area contributed by atoms with E-state index in [0.29, 0.717) is 0 Å². The average molecular weight is 154 g/mol. The van der Waals surface area contributed by atoms with Crippen molar-refractivity contribution in [3.63, 3.8) is 0 Å². The minimum atomic E-state index is 0.765. The maximum Gasteiger partial charge on any atom is 0.0415 e. The van der Waals surface area contributed by atoms with Crippen molar-refractivity contribution in [2.24, 2.45) is 0 Å².